The summed E-state index contributed by atoms with van der Waals surface area (Å²) >= 11 is 12.4. The van der Waals surface area contributed by atoms with Crippen LogP contribution in [0.2, 0.25) is 10.0 Å². The van der Waals surface area contributed by atoms with Gasteiger partial charge in [-0.25, -0.2) is 0 Å². The second-order valence-electron chi connectivity index (χ2n) is 7.98. The smallest absolute Gasteiger partial charge is 0.256 e. The molecule has 2 aliphatic heterocycles. The highest BCUT2D eigenvalue weighted by atomic mass is 35.5. The number of nitrogens with two attached hydrogens (primary N) is 1. The molecule has 2 heterocycles. The highest BCUT2D eigenvalue weighted by Crippen LogP contribution is 2.38. The summed E-state index contributed by atoms with van der Waals surface area (Å²) in [6.45, 7) is 2.58. The van der Waals surface area contributed by atoms with Crippen LogP contribution in [0.5, 0.6) is 0 Å². The quantitative estimate of drug-likeness (QED) is 0.741. The van der Waals surface area contributed by atoms with Crippen molar-refractivity contribution in [3.05, 3.63) is 76.1 Å². The van der Waals surface area contributed by atoms with E-state index in [1.165, 1.54) is 5.56 Å². The van der Waals surface area contributed by atoms with Crippen LogP contribution in [0.4, 0.5) is 0 Å². The van der Waals surface area contributed by atoms with Crippen LogP contribution in [-0.4, -0.2) is 53.8 Å². The van der Waals surface area contributed by atoms with Gasteiger partial charge < -0.3 is 10.6 Å². The molecule has 2 unspecified atom stereocenters. The number of likely N-dealkylation sites (tertiary alicyclic amines) is 2. The lowest BCUT2D eigenvalue weighted by molar-refractivity contribution is -0.123. The molecular weight excluding hydrogens is 421 g/mol. The first-order chi connectivity index (χ1) is 14.5. The second-order valence-corrected chi connectivity index (χ2v) is 8.79. The van der Waals surface area contributed by atoms with Crippen LogP contribution in [0.3, 0.4) is 0 Å². The van der Waals surface area contributed by atoms with Crippen molar-refractivity contribution < 1.29 is 9.59 Å². The van der Waals surface area contributed by atoms with Gasteiger partial charge in [0.25, 0.3) is 5.91 Å². The molecule has 2 fully saturated rings. The zero-order chi connectivity index (χ0) is 21.3. The fourth-order valence-electron chi connectivity index (χ4n) is 4.77. The van der Waals surface area contributed by atoms with Gasteiger partial charge >= 0.3 is 0 Å². The van der Waals surface area contributed by atoms with E-state index in [2.05, 4.69) is 23.5 Å². The summed E-state index contributed by atoms with van der Waals surface area (Å²) in [6, 6.07) is 14.8. The minimum absolute atomic E-state index is 0.0319. The Bertz CT molecular complexity index is 917. The summed E-state index contributed by atoms with van der Waals surface area (Å²) in [5, 5.41) is 0.683. The molecule has 2 amide bonds. The summed E-state index contributed by atoms with van der Waals surface area (Å²) in [5.74, 6) is -0.270. The molecule has 0 bridgehead atoms. The standard InChI is InChI=1S/C23H24Cl2N3O2/c24-18-9-4-10-19(25)20(18)23(30)28-13-16-12-27(21(22(26)29)17(16)14-28)11-5-8-15-6-2-1-3-7-15/h1-4,6-10,16-17,21H,5,11-14H2,(H2,26,29)/t16?,17-,21?/m1/s1. The van der Waals surface area contributed by atoms with Crippen LogP contribution in [0.1, 0.15) is 22.3 Å². The van der Waals surface area contributed by atoms with E-state index in [1.54, 1.807) is 23.1 Å². The normalized spacial score (nSPS) is 23.5. The molecule has 157 valence electrons. The maximum atomic E-state index is 13.0. The summed E-state index contributed by atoms with van der Waals surface area (Å²) in [7, 11) is 0. The Morgan fingerprint density at radius 2 is 1.70 bits per heavy atom. The number of nitrogens with zero attached hydrogens (tertiary/aromatic N) is 2. The Kier molecular flexibility index (Phi) is 6.32. The van der Waals surface area contributed by atoms with E-state index in [1.807, 2.05) is 18.2 Å². The monoisotopic (exact) mass is 444 g/mol. The minimum atomic E-state index is -0.362. The zero-order valence-electron chi connectivity index (χ0n) is 16.5. The molecule has 4 rings (SSSR count). The maximum Gasteiger partial charge on any atom is 0.256 e. The topological polar surface area (TPSA) is 66.6 Å². The third-order valence-electron chi connectivity index (χ3n) is 6.11. The number of hydrogen-bond acceptors (Lipinski definition) is 3. The number of carbonyl (C=O) groups is 2. The molecule has 0 aliphatic carbocycles. The lowest BCUT2D eigenvalue weighted by Crippen LogP contribution is -2.46. The van der Waals surface area contributed by atoms with Gasteiger partial charge in [0.15, 0.2) is 0 Å². The lowest BCUT2D eigenvalue weighted by atomic mass is 9.94. The van der Waals surface area contributed by atoms with E-state index in [0.29, 0.717) is 28.7 Å². The van der Waals surface area contributed by atoms with Crippen LogP contribution in [0, 0.1) is 18.3 Å². The summed E-state index contributed by atoms with van der Waals surface area (Å²) in [6.07, 6.45) is 3.01. The van der Waals surface area contributed by atoms with E-state index in [4.69, 9.17) is 28.9 Å². The first kappa shape index (κ1) is 21.2. The van der Waals surface area contributed by atoms with Crippen molar-refractivity contribution in [2.75, 3.05) is 26.2 Å². The molecule has 2 N–H and O–H groups in total. The molecule has 0 saturated carbocycles. The molecule has 2 aliphatic rings. The first-order valence-corrected chi connectivity index (χ1v) is 10.9. The van der Waals surface area contributed by atoms with Gasteiger partial charge in [-0.1, -0.05) is 59.6 Å². The lowest BCUT2D eigenvalue weighted by Gasteiger charge is -2.27. The van der Waals surface area contributed by atoms with Crippen LogP contribution in [-0.2, 0) is 4.79 Å². The fourth-order valence-corrected chi connectivity index (χ4v) is 5.33. The number of primary amides is 1. The average molecular weight is 445 g/mol. The van der Waals surface area contributed by atoms with Gasteiger partial charge in [0, 0.05) is 25.6 Å². The van der Waals surface area contributed by atoms with Crippen molar-refractivity contribution in [2.45, 2.75) is 12.5 Å². The third-order valence-corrected chi connectivity index (χ3v) is 6.74. The zero-order valence-corrected chi connectivity index (χ0v) is 18.0. The number of rotatable bonds is 6. The Morgan fingerprint density at radius 1 is 1.00 bits per heavy atom. The van der Waals surface area contributed by atoms with Crippen LogP contribution >= 0.6 is 23.2 Å². The van der Waals surface area contributed by atoms with E-state index >= 15 is 0 Å². The van der Waals surface area contributed by atoms with Crippen molar-refractivity contribution in [3.63, 3.8) is 0 Å². The Hall–Kier alpha value is -2.08. The van der Waals surface area contributed by atoms with E-state index < -0.39 is 0 Å². The van der Waals surface area contributed by atoms with Crippen molar-refractivity contribution in [1.82, 2.24) is 9.80 Å². The van der Waals surface area contributed by atoms with Gasteiger partial charge in [0.1, 0.15) is 0 Å². The Morgan fingerprint density at radius 3 is 2.37 bits per heavy atom. The van der Waals surface area contributed by atoms with Gasteiger partial charge in [0.2, 0.25) is 5.91 Å². The molecule has 2 aromatic carbocycles. The van der Waals surface area contributed by atoms with E-state index in [0.717, 1.165) is 19.5 Å². The summed E-state index contributed by atoms with van der Waals surface area (Å²) in [4.78, 5) is 29.2. The van der Waals surface area contributed by atoms with Gasteiger partial charge in [0.05, 0.1) is 21.7 Å². The van der Waals surface area contributed by atoms with Gasteiger partial charge in [-0.05, 0) is 43.0 Å². The second kappa shape index (κ2) is 8.96. The van der Waals surface area contributed by atoms with Gasteiger partial charge in [-0.3, -0.25) is 14.5 Å². The Labute approximate surface area is 186 Å². The van der Waals surface area contributed by atoms with Crippen LogP contribution in [0.15, 0.2) is 48.5 Å². The number of halogens is 2. The highest BCUT2D eigenvalue weighted by molar-refractivity contribution is 6.39. The molecule has 30 heavy (non-hydrogen) atoms. The largest absolute Gasteiger partial charge is 0.368 e. The van der Waals surface area contributed by atoms with Crippen LogP contribution in [0.25, 0.3) is 0 Å². The molecule has 2 aromatic rings. The van der Waals surface area contributed by atoms with E-state index in [9.17, 15) is 9.59 Å². The van der Waals surface area contributed by atoms with Gasteiger partial charge in [-0.15, -0.1) is 0 Å². The molecule has 2 saturated heterocycles. The number of benzene rings is 2. The molecule has 3 atom stereocenters. The van der Waals surface area contributed by atoms with Crippen molar-refractivity contribution in [2.24, 2.45) is 17.6 Å². The number of hydrogen-bond donors (Lipinski definition) is 1. The summed E-state index contributed by atoms with van der Waals surface area (Å²) < 4.78 is 0. The fraction of sp³-hybridized carbons (Fsp3) is 0.348. The van der Waals surface area contributed by atoms with Crippen molar-refractivity contribution in [1.29, 1.82) is 0 Å². The predicted octanol–water partition coefficient (Wildman–Crippen LogP) is 3.49. The van der Waals surface area contributed by atoms with Crippen molar-refractivity contribution in [3.8, 4) is 0 Å². The van der Waals surface area contributed by atoms with Crippen molar-refractivity contribution >= 4 is 35.0 Å². The number of fused-ring (bicyclic) bond motifs is 1. The number of amides is 2. The minimum Gasteiger partial charge on any atom is -0.368 e. The SMILES string of the molecule is NC(=O)C1[C@@H]2CN(C(=O)c3c(Cl)cccc3Cl)CC2CN1CC[CH]c1ccccc1. The molecule has 5 nitrogen and oxygen atoms in total. The first-order valence-electron chi connectivity index (χ1n) is 10.1. The van der Waals surface area contributed by atoms with Gasteiger partial charge in [-0.2, -0.15) is 0 Å². The molecular formula is C23H24Cl2N3O2. The Balaban J connectivity index is 1.41. The third kappa shape index (κ3) is 4.20. The average Bonchev–Trinajstić information content (AvgIpc) is 3.26. The molecule has 7 heteroatoms. The van der Waals surface area contributed by atoms with Crippen LogP contribution < -0.4 is 5.73 Å². The predicted molar refractivity (Wildman–Crippen MR) is 118 cm³/mol. The summed E-state index contributed by atoms with van der Waals surface area (Å²) in [5.41, 5.74) is 7.26. The molecule has 0 aromatic heterocycles. The number of carbonyl (C=O) groups excluding carboxylic acids is 2. The maximum absolute atomic E-state index is 13.0. The molecule has 1 radical (unpaired) electrons. The highest BCUT2D eigenvalue weighted by Gasteiger charge is 2.50. The molecule has 0 spiro atoms. The van der Waals surface area contributed by atoms with E-state index in [-0.39, 0.29) is 29.7 Å².